The highest BCUT2D eigenvalue weighted by molar-refractivity contribution is 8.03. The minimum absolute atomic E-state index is 0.573. The van der Waals surface area contributed by atoms with Gasteiger partial charge in [0.1, 0.15) is 5.40 Å². The molecule has 0 aromatic carbocycles. The van der Waals surface area contributed by atoms with E-state index in [-0.39, 0.29) is 0 Å². The van der Waals surface area contributed by atoms with Gasteiger partial charge in [0, 0.05) is 24.4 Å². The summed E-state index contributed by atoms with van der Waals surface area (Å²) >= 11 is 1.34. The van der Waals surface area contributed by atoms with E-state index in [1.807, 2.05) is 0 Å². The molecular formula is C9H18N2S. The monoisotopic (exact) mass is 186 g/mol. The molecule has 0 atom stereocenters. The van der Waals surface area contributed by atoms with Crippen LogP contribution in [0.25, 0.3) is 0 Å². The fourth-order valence-electron chi connectivity index (χ4n) is 1.31. The highest BCUT2D eigenvalue weighted by atomic mass is 32.2. The van der Waals surface area contributed by atoms with Crippen molar-refractivity contribution in [3.63, 3.8) is 0 Å². The van der Waals surface area contributed by atoms with E-state index in [0.29, 0.717) is 12.1 Å². The zero-order chi connectivity index (χ0) is 9.56. The van der Waals surface area contributed by atoms with Gasteiger partial charge in [-0.1, -0.05) is 0 Å². The Morgan fingerprint density at radius 1 is 1.25 bits per heavy atom. The van der Waals surface area contributed by atoms with E-state index >= 15 is 0 Å². The van der Waals surface area contributed by atoms with E-state index in [4.69, 9.17) is 5.26 Å². The quantitative estimate of drug-likeness (QED) is 0.487. The minimum Gasteiger partial charge on any atom is -0.298 e. The van der Waals surface area contributed by atoms with Crippen LogP contribution in [0, 0.1) is 10.7 Å². The number of hydrogen-bond donors (Lipinski definition) is 0. The Bertz CT molecular complexity index is 141. The van der Waals surface area contributed by atoms with Crippen molar-refractivity contribution >= 4 is 11.8 Å². The number of nitrogens with zero attached hydrogens (tertiary/aromatic N) is 2. The van der Waals surface area contributed by atoms with Crippen LogP contribution in [-0.4, -0.2) is 29.3 Å². The van der Waals surface area contributed by atoms with Gasteiger partial charge in [0.2, 0.25) is 0 Å². The Balaban J connectivity index is 3.74. The number of rotatable bonds is 5. The second-order valence-electron chi connectivity index (χ2n) is 3.37. The lowest BCUT2D eigenvalue weighted by atomic mass is 10.2. The molecule has 0 aromatic rings. The van der Waals surface area contributed by atoms with Crippen LogP contribution in [-0.2, 0) is 0 Å². The minimum atomic E-state index is 0.573. The number of nitriles is 1. The van der Waals surface area contributed by atoms with Crippen LogP contribution >= 0.6 is 11.8 Å². The molecule has 70 valence electrons. The topological polar surface area (TPSA) is 27.0 Å². The third-order valence-corrected chi connectivity index (χ3v) is 2.36. The van der Waals surface area contributed by atoms with E-state index in [9.17, 15) is 0 Å². The first-order chi connectivity index (χ1) is 5.59. The smallest absolute Gasteiger partial charge is 0.133 e. The van der Waals surface area contributed by atoms with Gasteiger partial charge in [0.15, 0.2) is 0 Å². The predicted octanol–water partition coefficient (Wildman–Crippen LogP) is 2.32. The first kappa shape index (κ1) is 11.8. The summed E-state index contributed by atoms with van der Waals surface area (Å²) < 4.78 is 0. The molecule has 0 spiro atoms. The molecule has 0 aliphatic carbocycles. The van der Waals surface area contributed by atoms with Crippen LogP contribution in [0.5, 0.6) is 0 Å². The first-order valence-corrected chi connectivity index (χ1v) is 5.34. The average Bonchev–Trinajstić information content (AvgIpc) is 1.96. The number of thiocyanates is 1. The molecule has 0 aliphatic heterocycles. The molecule has 0 heterocycles. The van der Waals surface area contributed by atoms with E-state index in [1.165, 1.54) is 11.8 Å². The molecule has 0 unspecified atom stereocenters. The van der Waals surface area contributed by atoms with Crippen LogP contribution < -0.4 is 0 Å². The second kappa shape index (κ2) is 6.33. The van der Waals surface area contributed by atoms with Gasteiger partial charge in [-0.15, -0.1) is 0 Å². The SMILES string of the molecule is CC(C)N(CCSC#N)C(C)C. The van der Waals surface area contributed by atoms with E-state index in [1.54, 1.807) is 0 Å². The maximum absolute atomic E-state index is 8.35. The normalized spacial score (nSPS) is 11.2. The molecule has 2 nitrogen and oxygen atoms in total. The van der Waals surface area contributed by atoms with Crippen molar-refractivity contribution in [2.24, 2.45) is 0 Å². The molecular weight excluding hydrogens is 168 g/mol. The average molecular weight is 186 g/mol. The molecule has 0 aliphatic rings. The van der Waals surface area contributed by atoms with Crippen molar-refractivity contribution in [2.75, 3.05) is 12.3 Å². The van der Waals surface area contributed by atoms with Crippen molar-refractivity contribution in [1.29, 1.82) is 5.26 Å². The summed E-state index contributed by atoms with van der Waals surface area (Å²) in [6, 6.07) is 1.15. The summed E-state index contributed by atoms with van der Waals surface area (Å²) in [6.45, 7) is 9.77. The molecule has 0 amide bonds. The van der Waals surface area contributed by atoms with Crippen LogP contribution in [0.15, 0.2) is 0 Å². The largest absolute Gasteiger partial charge is 0.298 e. The Kier molecular flexibility index (Phi) is 6.23. The Morgan fingerprint density at radius 2 is 1.75 bits per heavy atom. The fraction of sp³-hybridized carbons (Fsp3) is 0.889. The maximum atomic E-state index is 8.35. The molecule has 0 saturated heterocycles. The summed E-state index contributed by atoms with van der Waals surface area (Å²) in [6.07, 6.45) is 0. The van der Waals surface area contributed by atoms with E-state index in [2.05, 4.69) is 38.0 Å². The third-order valence-electron chi connectivity index (χ3n) is 1.84. The van der Waals surface area contributed by atoms with Gasteiger partial charge >= 0.3 is 0 Å². The fourth-order valence-corrected chi connectivity index (χ4v) is 1.70. The number of thioether (sulfide) groups is 1. The first-order valence-electron chi connectivity index (χ1n) is 4.36. The summed E-state index contributed by atoms with van der Waals surface area (Å²) in [5.74, 6) is 0.910. The molecule has 0 saturated carbocycles. The molecule has 3 heteroatoms. The summed E-state index contributed by atoms with van der Waals surface area (Å²) in [7, 11) is 0. The van der Waals surface area contributed by atoms with Crippen LogP contribution in [0.1, 0.15) is 27.7 Å². The molecule has 12 heavy (non-hydrogen) atoms. The zero-order valence-corrected chi connectivity index (χ0v) is 9.19. The van der Waals surface area contributed by atoms with Gasteiger partial charge in [-0.05, 0) is 39.5 Å². The lowest BCUT2D eigenvalue weighted by molar-refractivity contribution is 0.187. The lowest BCUT2D eigenvalue weighted by Gasteiger charge is -2.29. The summed E-state index contributed by atoms with van der Waals surface area (Å²) in [5, 5.41) is 10.4. The molecule has 0 N–H and O–H groups in total. The Morgan fingerprint density at radius 3 is 2.08 bits per heavy atom. The highest BCUT2D eigenvalue weighted by Crippen LogP contribution is 2.06. The standard InChI is InChI=1S/C9H18N2S/c1-8(2)11(9(3)4)5-6-12-7-10/h8-9H,5-6H2,1-4H3. The van der Waals surface area contributed by atoms with Crippen molar-refractivity contribution in [3.8, 4) is 5.40 Å². The number of hydrogen-bond acceptors (Lipinski definition) is 3. The van der Waals surface area contributed by atoms with Crippen molar-refractivity contribution in [3.05, 3.63) is 0 Å². The molecule has 0 aromatic heterocycles. The van der Waals surface area contributed by atoms with Crippen molar-refractivity contribution in [1.82, 2.24) is 4.90 Å². The van der Waals surface area contributed by atoms with Crippen molar-refractivity contribution in [2.45, 2.75) is 39.8 Å². The molecule has 0 radical (unpaired) electrons. The van der Waals surface area contributed by atoms with Gasteiger partial charge in [-0.25, -0.2) is 0 Å². The lowest BCUT2D eigenvalue weighted by Crippen LogP contribution is -2.38. The zero-order valence-electron chi connectivity index (χ0n) is 8.37. The molecule has 0 bridgehead atoms. The van der Waals surface area contributed by atoms with Crippen LogP contribution in [0.2, 0.25) is 0 Å². The summed E-state index contributed by atoms with van der Waals surface area (Å²) in [5.41, 5.74) is 0. The van der Waals surface area contributed by atoms with E-state index in [0.717, 1.165) is 12.3 Å². The molecule has 0 rings (SSSR count). The summed E-state index contributed by atoms with van der Waals surface area (Å²) in [4.78, 5) is 2.39. The highest BCUT2D eigenvalue weighted by Gasteiger charge is 2.11. The van der Waals surface area contributed by atoms with Crippen molar-refractivity contribution < 1.29 is 0 Å². The Labute approximate surface area is 79.9 Å². The predicted molar refractivity (Wildman–Crippen MR) is 55.0 cm³/mol. The van der Waals surface area contributed by atoms with Crippen LogP contribution in [0.4, 0.5) is 0 Å². The Hall–Kier alpha value is -0.200. The van der Waals surface area contributed by atoms with Gasteiger partial charge in [-0.2, -0.15) is 5.26 Å². The van der Waals surface area contributed by atoms with Gasteiger partial charge < -0.3 is 0 Å². The second-order valence-corrected chi connectivity index (χ2v) is 4.24. The third kappa shape index (κ3) is 4.63. The van der Waals surface area contributed by atoms with Crippen LogP contribution in [0.3, 0.4) is 0 Å². The van der Waals surface area contributed by atoms with Gasteiger partial charge in [0.05, 0.1) is 0 Å². The van der Waals surface area contributed by atoms with E-state index < -0.39 is 0 Å². The molecule has 0 fully saturated rings. The maximum Gasteiger partial charge on any atom is 0.133 e. The van der Waals surface area contributed by atoms with Gasteiger partial charge in [0.25, 0.3) is 0 Å². The van der Waals surface area contributed by atoms with Gasteiger partial charge in [-0.3, -0.25) is 4.90 Å².